The summed E-state index contributed by atoms with van der Waals surface area (Å²) in [4.78, 5) is 26.8. The summed E-state index contributed by atoms with van der Waals surface area (Å²) in [6.45, 7) is 0.514. The van der Waals surface area contributed by atoms with Crippen molar-refractivity contribution in [3.05, 3.63) is 74.7 Å². The van der Waals surface area contributed by atoms with Gasteiger partial charge in [0.25, 0.3) is 11.7 Å². The first kappa shape index (κ1) is 19.6. The zero-order chi connectivity index (χ0) is 19.6. The summed E-state index contributed by atoms with van der Waals surface area (Å²) >= 11 is 9.28. The Labute approximate surface area is 170 Å². The number of methoxy groups -OCH3 is 1. The maximum absolute atomic E-state index is 12.7. The van der Waals surface area contributed by atoms with E-state index in [0.29, 0.717) is 10.6 Å². The SMILES string of the molecule is COCCN1C(=O)C(=O)C(=C(O)c2ccc(Cl)cc2)[C@@H]1c1ccc(Br)cc1. The number of hydrogen-bond donors (Lipinski definition) is 1. The largest absolute Gasteiger partial charge is 0.507 e. The summed E-state index contributed by atoms with van der Waals surface area (Å²) < 4.78 is 5.95. The number of ketones is 1. The lowest BCUT2D eigenvalue weighted by Crippen LogP contribution is -2.32. The van der Waals surface area contributed by atoms with Crippen molar-refractivity contribution >= 4 is 45.0 Å². The molecular weight excluding hydrogens is 434 g/mol. The number of halogens is 2. The summed E-state index contributed by atoms with van der Waals surface area (Å²) in [6.07, 6.45) is 0. The molecule has 27 heavy (non-hydrogen) atoms. The van der Waals surface area contributed by atoms with E-state index >= 15 is 0 Å². The molecule has 0 bridgehead atoms. The van der Waals surface area contributed by atoms with E-state index < -0.39 is 17.7 Å². The second-order valence-corrected chi connectivity index (χ2v) is 7.40. The second-order valence-electron chi connectivity index (χ2n) is 6.04. The van der Waals surface area contributed by atoms with Crippen molar-refractivity contribution < 1.29 is 19.4 Å². The van der Waals surface area contributed by atoms with Gasteiger partial charge in [-0.25, -0.2) is 0 Å². The normalized spacial score (nSPS) is 18.9. The lowest BCUT2D eigenvalue weighted by Gasteiger charge is -2.25. The molecule has 0 spiro atoms. The molecule has 0 radical (unpaired) electrons. The molecule has 1 atom stereocenters. The van der Waals surface area contributed by atoms with Gasteiger partial charge in [0.2, 0.25) is 0 Å². The van der Waals surface area contributed by atoms with Crippen LogP contribution < -0.4 is 0 Å². The number of aliphatic hydroxyl groups excluding tert-OH is 1. The van der Waals surface area contributed by atoms with E-state index in [1.807, 2.05) is 24.3 Å². The Hall–Kier alpha value is -2.15. The minimum atomic E-state index is -0.716. The molecule has 0 aliphatic carbocycles. The Morgan fingerprint density at radius 1 is 1.15 bits per heavy atom. The monoisotopic (exact) mass is 449 g/mol. The van der Waals surface area contributed by atoms with Crippen molar-refractivity contribution in [1.29, 1.82) is 0 Å². The van der Waals surface area contributed by atoms with Crippen LogP contribution in [0.1, 0.15) is 17.2 Å². The first-order chi connectivity index (χ1) is 12.9. The highest BCUT2D eigenvalue weighted by Gasteiger charge is 2.45. The van der Waals surface area contributed by atoms with Gasteiger partial charge in [-0.2, -0.15) is 0 Å². The Bertz CT molecular complexity index is 893. The van der Waals surface area contributed by atoms with Crippen LogP contribution in [0.25, 0.3) is 5.76 Å². The first-order valence-electron chi connectivity index (χ1n) is 8.22. The van der Waals surface area contributed by atoms with Crippen LogP contribution in [0.3, 0.4) is 0 Å². The van der Waals surface area contributed by atoms with E-state index in [-0.39, 0.29) is 24.5 Å². The number of nitrogens with zero attached hydrogens (tertiary/aromatic N) is 1. The Balaban J connectivity index is 2.14. The molecule has 0 saturated carbocycles. The van der Waals surface area contributed by atoms with E-state index in [9.17, 15) is 14.7 Å². The summed E-state index contributed by atoms with van der Waals surface area (Å²) in [7, 11) is 1.53. The van der Waals surface area contributed by atoms with Crippen molar-refractivity contribution in [2.75, 3.05) is 20.3 Å². The minimum Gasteiger partial charge on any atom is -0.507 e. The van der Waals surface area contributed by atoms with Gasteiger partial charge in [0.1, 0.15) is 5.76 Å². The van der Waals surface area contributed by atoms with Crippen LogP contribution in [0.5, 0.6) is 0 Å². The smallest absolute Gasteiger partial charge is 0.295 e. The number of amides is 1. The number of likely N-dealkylation sites (tertiary alicyclic amines) is 1. The highest BCUT2D eigenvalue weighted by molar-refractivity contribution is 9.10. The highest BCUT2D eigenvalue weighted by Crippen LogP contribution is 2.39. The van der Waals surface area contributed by atoms with Crippen molar-refractivity contribution in [2.45, 2.75) is 6.04 Å². The van der Waals surface area contributed by atoms with Gasteiger partial charge >= 0.3 is 0 Å². The van der Waals surface area contributed by atoms with Crippen molar-refractivity contribution in [1.82, 2.24) is 4.90 Å². The second kappa shape index (κ2) is 8.25. The third-order valence-corrected chi connectivity index (χ3v) is 5.16. The van der Waals surface area contributed by atoms with Gasteiger partial charge in [0.05, 0.1) is 18.2 Å². The van der Waals surface area contributed by atoms with Crippen molar-refractivity contribution in [3.63, 3.8) is 0 Å². The molecule has 2 aromatic rings. The van der Waals surface area contributed by atoms with E-state index in [1.54, 1.807) is 24.3 Å². The molecule has 1 aliphatic rings. The molecule has 5 nitrogen and oxygen atoms in total. The average Bonchev–Trinajstić information content (AvgIpc) is 2.91. The molecule has 1 fully saturated rings. The molecule has 1 amide bonds. The Morgan fingerprint density at radius 3 is 2.37 bits per heavy atom. The molecular formula is C20H17BrClNO4. The van der Waals surface area contributed by atoms with Crippen LogP contribution in [0.4, 0.5) is 0 Å². The number of Topliss-reactive ketones (excluding diaryl/α,β-unsaturated/α-hetero) is 1. The number of carbonyl (C=O) groups is 2. The first-order valence-corrected chi connectivity index (χ1v) is 9.40. The van der Waals surface area contributed by atoms with Gasteiger partial charge in [-0.1, -0.05) is 39.7 Å². The average molecular weight is 451 g/mol. The third-order valence-electron chi connectivity index (χ3n) is 4.38. The zero-order valence-corrected chi connectivity index (χ0v) is 16.8. The fraction of sp³-hybridized carbons (Fsp3) is 0.200. The van der Waals surface area contributed by atoms with Crippen LogP contribution in [-0.2, 0) is 14.3 Å². The Morgan fingerprint density at radius 2 is 1.78 bits per heavy atom. The zero-order valence-electron chi connectivity index (χ0n) is 14.5. The molecule has 2 aromatic carbocycles. The van der Waals surface area contributed by atoms with Crippen LogP contribution >= 0.6 is 27.5 Å². The number of rotatable bonds is 5. The van der Waals surface area contributed by atoms with Crippen LogP contribution in [0, 0.1) is 0 Å². The molecule has 1 heterocycles. The number of aliphatic hydroxyl groups is 1. The van der Waals surface area contributed by atoms with E-state index in [4.69, 9.17) is 16.3 Å². The van der Waals surface area contributed by atoms with Gasteiger partial charge < -0.3 is 14.7 Å². The van der Waals surface area contributed by atoms with Crippen LogP contribution in [0.15, 0.2) is 58.6 Å². The maximum Gasteiger partial charge on any atom is 0.295 e. The van der Waals surface area contributed by atoms with Crippen LogP contribution in [-0.4, -0.2) is 42.0 Å². The van der Waals surface area contributed by atoms with Crippen molar-refractivity contribution in [3.8, 4) is 0 Å². The highest BCUT2D eigenvalue weighted by atomic mass is 79.9. The van der Waals surface area contributed by atoms with E-state index in [1.165, 1.54) is 12.0 Å². The lowest BCUT2D eigenvalue weighted by molar-refractivity contribution is -0.140. The van der Waals surface area contributed by atoms with Gasteiger partial charge in [0.15, 0.2) is 0 Å². The summed E-state index contributed by atoms with van der Waals surface area (Å²) in [5.74, 6) is -1.60. The summed E-state index contributed by atoms with van der Waals surface area (Å²) in [5.41, 5.74) is 1.20. The molecule has 140 valence electrons. The minimum absolute atomic E-state index is 0.0562. The topological polar surface area (TPSA) is 66.8 Å². The quantitative estimate of drug-likeness (QED) is 0.422. The molecule has 1 aliphatic heterocycles. The van der Waals surface area contributed by atoms with Gasteiger partial charge in [0, 0.05) is 28.7 Å². The molecule has 1 saturated heterocycles. The molecule has 0 unspecified atom stereocenters. The van der Waals surface area contributed by atoms with E-state index in [0.717, 1.165) is 10.0 Å². The third kappa shape index (κ3) is 3.93. The predicted molar refractivity (Wildman–Crippen MR) is 106 cm³/mol. The van der Waals surface area contributed by atoms with Crippen molar-refractivity contribution in [2.24, 2.45) is 0 Å². The fourth-order valence-corrected chi connectivity index (χ4v) is 3.45. The standard InChI is InChI=1S/C20H17BrClNO4/c1-27-11-10-23-17(12-2-6-14(21)7-3-12)16(19(25)20(23)26)18(24)13-4-8-15(22)9-5-13/h2-9,17,24H,10-11H2,1H3/t17-/m0/s1. The van der Waals surface area contributed by atoms with Crippen LogP contribution in [0.2, 0.25) is 5.02 Å². The summed E-state index contributed by atoms with van der Waals surface area (Å²) in [5, 5.41) is 11.3. The molecule has 3 rings (SSSR count). The predicted octanol–water partition coefficient (Wildman–Crippen LogP) is 4.17. The fourth-order valence-electron chi connectivity index (χ4n) is 3.06. The maximum atomic E-state index is 12.7. The lowest BCUT2D eigenvalue weighted by atomic mass is 9.95. The number of ether oxygens (including phenoxy) is 1. The Kier molecular flexibility index (Phi) is 5.99. The number of hydrogen-bond acceptors (Lipinski definition) is 4. The van der Waals surface area contributed by atoms with Gasteiger partial charge in [-0.3, -0.25) is 9.59 Å². The molecule has 0 aromatic heterocycles. The summed E-state index contributed by atoms with van der Waals surface area (Å²) in [6, 6.07) is 13.0. The van der Waals surface area contributed by atoms with E-state index in [2.05, 4.69) is 15.9 Å². The van der Waals surface area contributed by atoms with Gasteiger partial charge in [-0.05, 0) is 42.0 Å². The number of benzene rings is 2. The number of carbonyl (C=O) groups excluding carboxylic acids is 2. The van der Waals surface area contributed by atoms with Gasteiger partial charge in [-0.15, -0.1) is 0 Å². The molecule has 7 heteroatoms. The molecule has 1 N–H and O–H groups in total.